The summed E-state index contributed by atoms with van der Waals surface area (Å²) in [4.78, 5) is 29.3. The highest BCUT2D eigenvalue weighted by Gasteiger charge is 2.39. The van der Waals surface area contributed by atoms with E-state index in [2.05, 4.69) is 20.9 Å². The number of amides is 1. The average Bonchev–Trinajstić information content (AvgIpc) is 2.98. The molecule has 1 aromatic heterocycles. The van der Waals surface area contributed by atoms with Crippen LogP contribution in [0.1, 0.15) is 27.2 Å². The summed E-state index contributed by atoms with van der Waals surface area (Å²) in [7, 11) is 0. The zero-order valence-electron chi connectivity index (χ0n) is 15.3. The fourth-order valence-corrected chi connectivity index (χ4v) is 3.36. The normalized spacial score (nSPS) is 19.9. The lowest BCUT2D eigenvalue weighted by Gasteiger charge is -2.28. The van der Waals surface area contributed by atoms with Crippen molar-refractivity contribution in [3.8, 4) is 5.88 Å². The van der Waals surface area contributed by atoms with Crippen molar-refractivity contribution in [3.05, 3.63) is 34.9 Å². The Kier molecular flexibility index (Phi) is 5.28. The summed E-state index contributed by atoms with van der Waals surface area (Å²) in [5, 5.41) is 13.2. The summed E-state index contributed by atoms with van der Waals surface area (Å²) < 4.78 is 12.1. The van der Waals surface area contributed by atoms with Gasteiger partial charge in [0.05, 0.1) is 18.6 Å². The maximum Gasteiger partial charge on any atom is 0.410 e. The van der Waals surface area contributed by atoms with Crippen LogP contribution < -0.4 is 9.84 Å². The molecule has 0 N–H and O–H groups in total. The van der Waals surface area contributed by atoms with Crippen LogP contribution in [0.15, 0.2) is 34.9 Å². The van der Waals surface area contributed by atoms with E-state index in [9.17, 15) is 14.7 Å². The number of halogens is 1. The highest BCUT2D eigenvalue weighted by atomic mass is 79.9. The van der Waals surface area contributed by atoms with Crippen molar-refractivity contribution < 1.29 is 24.2 Å². The summed E-state index contributed by atoms with van der Waals surface area (Å²) >= 11 is 3.43. The van der Waals surface area contributed by atoms with Gasteiger partial charge in [-0.2, -0.15) is 0 Å². The van der Waals surface area contributed by atoms with Crippen molar-refractivity contribution in [3.63, 3.8) is 0 Å². The Balaban J connectivity index is 1.82. The van der Waals surface area contributed by atoms with Crippen molar-refractivity contribution in [1.82, 2.24) is 9.88 Å². The zero-order chi connectivity index (χ0) is 19.8. The van der Waals surface area contributed by atoms with Crippen LogP contribution in [0, 0.1) is 0 Å². The molecule has 144 valence electrons. The Bertz CT molecular complexity index is 880. The molecule has 0 radical (unpaired) electrons. The number of rotatable bonds is 3. The van der Waals surface area contributed by atoms with Gasteiger partial charge >= 0.3 is 6.09 Å². The number of aliphatic carboxylic acids is 1. The van der Waals surface area contributed by atoms with Gasteiger partial charge in [0.2, 0.25) is 5.88 Å². The molecule has 2 aromatic rings. The predicted molar refractivity (Wildman–Crippen MR) is 100 cm³/mol. The number of hydrogen-bond donors (Lipinski definition) is 0. The lowest BCUT2D eigenvalue weighted by atomic mass is 10.1. The third kappa shape index (κ3) is 4.50. The van der Waals surface area contributed by atoms with Gasteiger partial charge in [-0.05, 0) is 44.4 Å². The maximum absolute atomic E-state index is 12.4. The number of carboxylic acids is 1. The molecule has 1 fully saturated rings. The number of pyridine rings is 1. The molecule has 0 saturated carbocycles. The second-order valence-electron chi connectivity index (χ2n) is 7.42. The molecule has 0 spiro atoms. The number of carboxylic acid groups (broad SMARTS) is 1. The first-order chi connectivity index (χ1) is 12.6. The molecule has 0 unspecified atom stereocenters. The van der Waals surface area contributed by atoms with Gasteiger partial charge in [-0.25, -0.2) is 9.78 Å². The van der Waals surface area contributed by atoms with E-state index < -0.39 is 29.8 Å². The monoisotopic (exact) mass is 435 g/mol. The number of hydrogen-bond acceptors (Lipinski definition) is 6. The lowest BCUT2D eigenvalue weighted by molar-refractivity contribution is -0.310. The van der Waals surface area contributed by atoms with Crippen molar-refractivity contribution in [2.75, 3.05) is 6.54 Å². The molecule has 27 heavy (non-hydrogen) atoms. The SMILES string of the molecule is CC(C)(C)OC(=O)N1C[C@H](Oc2nccc3ccc(Br)cc23)C[C@H]1C(=O)[O-]. The van der Waals surface area contributed by atoms with Crippen LogP contribution in [0.4, 0.5) is 4.79 Å². The molecule has 1 aromatic carbocycles. The Morgan fingerprint density at radius 3 is 2.70 bits per heavy atom. The fourth-order valence-electron chi connectivity index (χ4n) is 2.99. The van der Waals surface area contributed by atoms with Crippen molar-refractivity contribution in [1.29, 1.82) is 0 Å². The molecule has 1 aliphatic rings. The molecule has 2 heterocycles. The summed E-state index contributed by atoms with van der Waals surface area (Å²) in [6.07, 6.45) is 0.504. The fraction of sp³-hybridized carbons (Fsp3) is 0.421. The van der Waals surface area contributed by atoms with Crippen molar-refractivity contribution in [2.45, 2.75) is 44.9 Å². The van der Waals surface area contributed by atoms with Gasteiger partial charge in [0, 0.05) is 22.5 Å². The van der Waals surface area contributed by atoms with Gasteiger partial charge in [-0.15, -0.1) is 0 Å². The van der Waals surface area contributed by atoms with Crippen LogP contribution in [0.2, 0.25) is 0 Å². The van der Waals surface area contributed by atoms with E-state index in [1.165, 1.54) is 0 Å². The van der Waals surface area contributed by atoms with E-state index in [1.54, 1.807) is 27.0 Å². The molecular weight excluding hydrogens is 416 g/mol. The number of carbonyl (C=O) groups excluding carboxylic acids is 2. The van der Waals surface area contributed by atoms with E-state index in [0.29, 0.717) is 5.88 Å². The molecule has 8 heteroatoms. The van der Waals surface area contributed by atoms with Gasteiger partial charge < -0.3 is 19.4 Å². The third-order valence-electron chi connectivity index (χ3n) is 4.13. The second-order valence-corrected chi connectivity index (χ2v) is 8.34. The number of benzene rings is 1. The van der Waals surface area contributed by atoms with Crippen LogP contribution in [0.5, 0.6) is 5.88 Å². The number of nitrogens with zero attached hydrogens (tertiary/aromatic N) is 2. The minimum absolute atomic E-state index is 0.0830. The molecule has 1 amide bonds. The highest BCUT2D eigenvalue weighted by molar-refractivity contribution is 9.10. The molecule has 7 nitrogen and oxygen atoms in total. The largest absolute Gasteiger partial charge is 0.548 e. The van der Waals surface area contributed by atoms with Crippen LogP contribution in [-0.2, 0) is 9.53 Å². The first-order valence-electron chi connectivity index (χ1n) is 8.55. The van der Waals surface area contributed by atoms with E-state index in [1.807, 2.05) is 24.3 Å². The van der Waals surface area contributed by atoms with Gasteiger partial charge in [0.25, 0.3) is 0 Å². The van der Waals surface area contributed by atoms with Gasteiger partial charge in [0.15, 0.2) is 0 Å². The smallest absolute Gasteiger partial charge is 0.410 e. The Hall–Kier alpha value is -2.35. The Morgan fingerprint density at radius 1 is 1.30 bits per heavy atom. The molecule has 1 saturated heterocycles. The molecule has 2 atom stereocenters. The van der Waals surface area contributed by atoms with Gasteiger partial charge in [-0.1, -0.05) is 22.0 Å². The van der Waals surface area contributed by atoms with E-state index in [0.717, 1.165) is 20.1 Å². The number of likely N-dealkylation sites (tertiary alicyclic amines) is 1. The lowest BCUT2D eigenvalue weighted by Crippen LogP contribution is -2.48. The molecule has 0 bridgehead atoms. The minimum atomic E-state index is -1.33. The molecule has 0 aliphatic carbocycles. The predicted octanol–water partition coefficient (Wildman–Crippen LogP) is 2.50. The van der Waals surface area contributed by atoms with E-state index in [4.69, 9.17) is 9.47 Å². The minimum Gasteiger partial charge on any atom is -0.548 e. The van der Waals surface area contributed by atoms with Gasteiger partial charge in [-0.3, -0.25) is 4.90 Å². The zero-order valence-corrected chi connectivity index (χ0v) is 16.9. The topological polar surface area (TPSA) is 91.8 Å². The third-order valence-corrected chi connectivity index (χ3v) is 4.63. The first kappa shape index (κ1) is 19.4. The van der Waals surface area contributed by atoms with Crippen molar-refractivity contribution in [2.24, 2.45) is 0 Å². The number of aromatic nitrogens is 1. The van der Waals surface area contributed by atoms with E-state index in [-0.39, 0.29) is 13.0 Å². The molecule has 3 rings (SSSR count). The van der Waals surface area contributed by atoms with Crippen LogP contribution in [0.25, 0.3) is 10.8 Å². The van der Waals surface area contributed by atoms with Crippen LogP contribution in [-0.4, -0.2) is 46.2 Å². The van der Waals surface area contributed by atoms with Crippen LogP contribution in [0.3, 0.4) is 0 Å². The second kappa shape index (κ2) is 7.34. The number of ether oxygens (including phenoxy) is 2. The molecular formula is C19H20BrN2O5-. The standard InChI is InChI=1S/C19H21BrN2O5/c1-19(2,3)27-18(25)22-10-13(9-15(22)17(23)24)26-16-14-8-12(20)5-4-11(14)6-7-21-16/h4-8,13,15H,9-10H2,1-3H3,(H,23,24)/p-1/t13-,15+/m1/s1. The maximum atomic E-state index is 12.4. The Labute approximate surface area is 165 Å². The quantitative estimate of drug-likeness (QED) is 0.735. The summed E-state index contributed by atoms with van der Waals surface area (Å²) in [5.41, 5.74) is -0.726. The average molecular weight is 436 g/mol. The van der Waals surface area contributed by atoms with Gasteiger partial charge in [0.1, 0.15) is 11.7 Å². The number of carbonyl (C=O) groups is 2. The number of fused-ring (bicyclic) bond motifs is 1. The highest BCUT2D eigenvalue weighted by Crippen LogP contribution is 2.30. The van der Waals surface area contributed by atoms with E-state index >= 15 is 0 Å². The summed E-state index contributed by atoms with van der Waals surface area (Å²) in [5.74, 6) is -0.942. The Morgan fingerprint density at radius 2 is 2.04 bits per heavy atom. The first-order valence-corrected chi connectivity index (χ1v) is 9.35. The summed E-state index contributed by atoms with van der Waals surface area (Å²) in [6, 6.07) is 6.48. The molecule has 1 aliphatic heterocycles. The summed E-state index contributed by atoms with van der Waals surface area (Å²) in [6.45, 7) is 5.25. The van der Waals surface area contributed by atoms with Crippen LogP contribution >= 0.6 is 15.9 Å². The van der Waals surface area contributed by atoms with Crippen molar-refractivity contribution >= 4 is 38.8 Å².